The largest absolute Gasteiger partial charge is 0.493 e. The normalized spacial score (nSPS) is 15.7. The number of methoxy groups -OCH3 is 1. The Morgan fingerprint density at radius 1 is 1.13 bits per heavy atom. The molecule has 0 saturated carbocycles. The van der Waals surface area contributed by atoms with Gasteiger partial charge >= 0.3 is 5.97 Å². The maximum Gasteiger partial charge on any atom is 0.335 e. The number of amides is 1. The average molecular weight is 531 g/mol. The van der Waals surface area contributed by atoms with E-state index in [-0.39, 0.29) is 23.6 Å². The molecule has 38 heavy (non-hydrogen) atoms. The van der Waals surface area contributed by atoms with Crippen LogP contribution < -0.4 is 20.1 Å². The molecule has 7 nitrogen and oxygen atoms in total. The molecule has 8 heteroatoms. The lowest BCUT2D eigenvalue weighted by Gasteiger charge is -2.16. The van der Waals surface area contributed by atoms with Crippen LogP contribution in [0.1, 0.15) is 39.5 Å². The molecule has 3 aromatic carbocycles. The van der Waals surface area contributed by atoms with Crippen molar-refractivity contribution >= 4 is 35.4 Å². The lowest BCUT2D eigenvalue weighted by atomic mass is 10.0. The highest BCUT2D eigenvalue weighted by atomic mass is 32.2. The van der Waals surface area contributed by atoms with Gasteiger partial charge in [-0.3, -0.25) is 4.79 Å². The van der Waals surface area contributed by atoms with Gasteiger partial charge in [0.2, 0.25) is 0 Å². The number of benzene rings is 3. The summed E-state index contributed by atoms with van der Waals surface area (Å²) in [5.41, 5.74) is 4.64. The van der Waals surface area contributed by atoms with Gasteiger partial charge in [0.1, 0.15) is 6.61 Å². The SMILES string of the molecule is C=CCc1cc(/C=C2\S[C@H](Nc3ccc(CC)cc3)NC2=O)cc(OC)c1OCc1ccc(C(=O)O)cc1. The Balaban J connectivity index is 1.51. The van der Waals surface area contributed by atoms with Crippen LogP contribution in [0.5, 0.6) is 11.5 Å². The first-order chi connectivity index (χ1) is 18.4. The smallest absolute Gasteiger partial charge is 0.335 e. The molecule has 1 atom stereocenters. The Morgan fingerprint density at radius 2 is 1.84 bits per heavy atom. The summed E-state index contributed by atoms with van der Waals surface area (Å²) in [6.45, 7) is 6.21. The second-order valence-corrected chi connectivity index (χ2v) is 9.82. The van der Waals surface area contributed by atoms with Gasteiger partial charge in [-0.2, -0.15) is 0 Å². The number of ether oxygens (including phenoxy) is 2. The molecule has 1 aliphatic rings. The Kier molecular flexibility index (Phi) is 8.76. The molecule has 0 unspecified atom stereocenters. The number of thioether (sulfide) groups is 1. The summed E-state index contributed by atoms with van der Waals surface area (Å²) >= 11 is 1.42. The van der Waals surface area contributed by atoms with Crippen molar-refractivity contribution in [2.75, 3.05) is 12.4 Å². The number of allylic oxidation sites excluding steroid dienone is 1. The molecular formula is C30H30N2O5S. The van der Waals surface area contributed by atoms with E-state index in [2.05, 4.69) is 36.3 Å². The summed E-state index contributed by atoms with van der Waals surface area (Å²) in [6, 6.07) is 18.5. The topological polar surface area (TPSA) is 96.9 Å². The second-order valence-electron chi connectivity index (χ2n) is 8.67. The van der Waals surface area contributed by atoms with Gasteiger partial charge in [-0.25, -0.2) is 4.79 Å². The van der Waals surface area contributed by atoms with Crippen LogP contribution in [0, 0.1) is 0 Å². The molecule has 0 aromatic heterocycles. The summed E-state index contributed by atoms with van der Waals surface area (Å²) in [6.07, 6.45) is 5.13. The van der Waals surface area contributed by atoms with Gasteiger partial charge in [0.25, 0.3) is 5.91 Å². The van der Waals surface area contributed by atoms with E-state index >= 15 is 0 Å². The van der Waals surface area contributed by atoms with Crippen molar-refractivity contribution in [3.8, 4) is 11.5 Å². The Hall–Kier alpha value is -4.17. The van der Waals surface area contributed by atoms with Gasteiger partial charge in [-0.15, -0.1) is 6.58 Å². The van der Waals surface area contributed by atoms with E-state index in [1.807, 2.05) is 30.3 Å². The highest BCUT2D eigenvalue weighted by Gasteiger charge is 2.27. The average Bonchev–Trinajstić information content (AvgIpc) is 3.26. The van der Waals surface area contributed by atoms with Crippen LogP contribution in [-0.4, -0.2) is 29.6 Å². The van der Waals surface area contributed by atoms with Crippen molar-refractivity contribution in [3.05, 3.63) is 106 Å². The number of carbonyl (C=O) groups is 2. The number of nitrogens with one attached hydrogen (secondary N) is 2. The summed E-state index contributed by atoms with van der Waals surface area (Å²) < 4.78 is 11.7. The van der Waals surface area contributed by atoms with Gasteiger partial charge in [-0.05, 0) is 72.0 Å². The molecule has 196 valence electrons. The number of aryl methyl sites for hydroxylation is 1. The molecular weight excluding hydrogens is 500 g/mol. The molecule has 3 N–H and O–H groups in total. The van der Waals surface area contributed by atoms with Crippen molar-refractivity contribution in [3.63, 3.8) is 0 Å². The van der Waals surface area contributed by atoms with E-state index in [0.29, 0.717) is 22.8 Å². The van der Waals surface area contributed by atoms with Crippen LogP contribution in [0.2, 0.25) is 0 Å². The van der Waals surface area contributed by atoms with Gasteiger partial charge in [-0.1, -0.05) is 49.0 Å². The standard InChI is InChI=1S/C30H30N2O5S/c1-4-6-23-15-21(16-25(36-3)27(23)37-18-20-7-11-22(12-8-20)29(34)35)17-26-28(33)32-30(38-26)31-24-13-9-19(5-2)10-14-24/h4,7-17,30-31H,1,5-6,18H2,2-3H3,(H,32,33)(H,34,35)/b26-17-/t30-/m1/s1. The molecule has 3 aromatic rings. The molecule has 1 fully saturated rings. The molecule has 1 aliphatic heterocycles. The van der Waals surface area contributed by atoms with Crippen molar-refractivity contribution in [2.24, 2.45) is 0 Å². The van der Waals surface area contributed by atoms with Crippen molar-refractivity contribution < 1.29 is 24.2 Å². The number of hydrogen-bond acceptors (Lipinski definition) is 6. The zero-order valence-electron chi connectivity index (χ0n) is 21.3. The first-order valence-corrected chi connectivity index (χ1v) is 13.1. The lowest BCUT2D eigenvalue weighted by Crippen LogP contribution is -2.30. The van der Waals surface area contributed by atoms with Gasteiger partial charge in [0, 0.05) is 11.3 Å². The van der Waals surface area contributed by atoms with E-state index < -0.39 is 5.97 Å². The maximum atomic E-state index is 12.7. The number of hydrogen-bond donors (Lipinski definition) is 3. The third kappa shape index (κ3) is 6.58. The fourth-order valence-electron chi connectivity index (χ4n) is 3.99. The van der Waals surface area contributed by atoms with E-state index in [1.54, 1.807) is 37.5 Å². The highest BCUT2D eigenvalue weighted by Crippen LogP contribution is 2.37. The Morgan fingerprint density at radius 3 is 2.47 bits per heavy atom. The van der Waals surface area contributed by atoms with E-state index in [9.17, 15) is 9.59 Å². The second kappa shape index (κ2) is 12.4. The zero-order chi connectivity index (χ0) is 27.1. The Bertz CT molecular complexity index is 1350. The minimum atomic E-state index is -0.973. The predicted octanol–water partition coefficient (Wildman–Crippen LogP) is 5.86. The fourth-order valence-corrected chi connectivity index (χ4v) is 4.98. The lowest BCUT2D eigenvalue weighted by molar-refractivity contribution is -0.116. The number of aromatic carboxylic acids is 1. The first kappa shape index (κ1) is 26.9. The van der Waals surface area contributed by atoms with Gasteiger partial charge < -0.3 is 25.2 Å². The van der Waals surface area contributed by atoms with E-state index in [1.165, 1.54) is 17.3 Å². The quantitative estimate of drug-likeness (QED) is 0.211. The molecule has 0 bridgehead atoms. The van der Waals surface area contributed by atoms with Gasteiger partial charge in [0.15, 0.2) is 17.0 Å². The molecule has 0 spiro atoms. The molecule has 0 radical (unpaired) electrons. The van der Waals surface area contributed by atoms with Crippen LogP contribution in [0.15, 0.2) is 78.2 Å². The van der Waals surface area contributed by atoms with E-state index in [4.69, 9.17) is 14.6 Å². The number of carboxylic acids is 1. The van der Waals surface area contributed by atoms with Crippen LogP contribution in [0.3, 0.4) is 0 Å². The minimum Gasteiger partial charge on any atom is -0.493 e. The van der Waals surface area contributed by atoms with Crippen LogP contribution in [0.4, 0.5) is 5.69 Å². The van der Waals surface area contributed by atoms with Crippen LogP contribution >= 0.6 is 11.8 Å². The third-order valence-corrected chi connectivity index (χ3v) is 7.04. The molecule has 1 saturated heterocycles. The fraction of sp³-hybridized carbons (Fsp3) is 0.200. The summed E-state index contributed by atoms with van der Waals surface area (Å²) in [7, 11) is 1.57. The summed E-state index contributed by atoms with van der Waals surface area (Å²) in [5, 5.41) is 15.4. The minimum absolute atomic E-state index is 0.146. The highest BCUT2D eigenvalue weighted by molar-refractivity contribution is 8.05. The zero-order valence-corrected chi connectivity index (χ0v) is 22.1. The third-order valence-electron chi connectivity index (χ3n) is 6.01. The number of carboxylic acid groups (broad SMARTS) is 1. The monoisotopic (exact) mass is 530 g/mol. The van der Waals surface area contributed by atoms with Crippen LogP contribution in [-0.2, 0) is 24.2 Å². The molecule has 4 rings (SSSR count). The van der Waals surface area contributed by atoms with Crippen molar-refractivity contribution in [1.29, 1.82) is 0 Å². The maximum absolute atomic E-state index is 12.7. The predicted molar refractivity (Wildman–Crippen MR) is 152 cm³/mol. The van der Waals surface area contributed by atoms with Crippen molar-refractivity contribution in [1.82, 2.24) is 5.32 Å². The molecule has 1 heterocycles. The van der Waals surface area contributed by atoms with Crippen LogP contribution in [0.25, 0.3) is 6.08 Å². The Labute approximate surface area is 226 Å². The number of anilines is 1. The van der Waals surface area contributed by atoms with E-state index in [0.717, 1.165) is 28.8 Å². The molecule has 0 aliphatic carbocycles. The summed E-state index contributed by atoms with van der Waals surface area (Å²) in [5.74, 6) is -0.00564. The van der Waals surface area contributed by atoms with Crippen molar-refractivity contribution in [2.45, 2.75) is 31.9 Å². The van der Waals surface area contributed by atoms with Gasteiger partial charge in [0.05, 0.1) is 17.6 Å². The molecule has 1 amide bonds. The number of rotatable bonds is 11. The first-order valence-electron chi connectivity index (χ1n) is 12.2. The number of carbonyl (C=O) groups excluding carboxylic acids is 1. The summed E-state index contributed by atoms with van der Waals surface area (Å²) in [4.78, 5) is 24.4.